The van der Waals surface area contributed by atoms with E-state index in [1.54, 1.807) is 24.3 Å². The van der Waals surface area contributed by atoms with Crippen molar-refractivity contribution in [1.82, 2.24) is 4.90 Å². The normalized spacial score (nSPS) is 10.1. The summed E-state index contributed by atoms with van der Waals surface area (Å²) >= 11 is 5.88. The van der Waals surface area contributed by atoms with E-state index in [0.717, 1.165) is 5.56 Å². The van der Waals surface area contributed by atoms with Crippen molar-refractivity contribution in [3.05, 3.63) is 65.2 Å². The van der Waals surface area contributed by atoms with E-state index >= 15 is 0 Å². The molecule has 0 aliphatic heterocycles. The Kier molecular flexibility index (Phi) is 5.55. The van der Waals surface area contributed by atoms with Crippen LogP contribution in [0.15, 0.2) is 54.6 Å². The van der Waals surface area contributed by atoms with Gasteiger partial charge in [-0.05, 0) is 23.8 Å². The number of rotatable bonds is 5. The number of halogens is 1. The van der Waals surface area contributed by atoms with Crippen molar-refractivity contribution in [2.24, 2.45) is 0 Å². The molecular formula is C17H17ClN2O2. The monoisotopic (exact) mass is 316 g/mol. The van der Waals surface area contributed by atoms with E-state index in [1.807, 2.05) is 30.3 Å². The van der Waals surface area contributed by atoms with Gasteiger partial charge in [0, 0.05) is 24.2 Å². The number of hydrogen-bond donors (Lipinski definition) is 1. The summed E-state index contributed by atoms with van der Waals surface area (Å²) in [7, 11) is 0. The molecule has 0 atom stereocenters. The summed E-state index contributed by atoms with van der Waals surface area (Å²) in [5, 5.41) is 3.28. The highest BCUT2D eigenvalue weighted by atomic mass is 35.5. The van der Waals surface area contributed by atoms with Crippen LogP contribution in [0.4, 0.5) is 5.69 Å². The quantitative estimate of drug-likeness (QED) is 0.920. The number of amides is 2. The van der Waals surface area contributed by atoms with Gasteiger partial charge < -0.3 is 10.2 Å². The molecule has 0 heterocycles. The summed E-state index contributed by atoms with van der Waals surface area (Å²) in [6.45, 7) is 1.85. The summed E-state index contributed by atoms with van der Waals surface area (Å²) in [5.74, 6) is -0.404. The minimum absolute atomic E-state index is 0.00323. The van der Waals surface area contributed by atoms with Crippen molar-refractivity contribution in [1.29, 1.82) is 0 Å². The lowest BCUT2D eigenvalue weighted by molar-refractivity contribution is -0.133. The number of carbonyl (C=O) groups excluding carboxylic acids is 2. The van der Waals surface area contributed by atoms with Gasteiger partial charge in [0.05, 0.1) is 0 Å². The molecule has 22 heavy (non-hydrogen) atoms. The van der Waals surface area contributed by atoms with E-state index in [0.29, 0.717) is 17.3 Å². The van der Waals surface area contributed by atoms with Gasteiger partial charge in [0.15, 0.2) is 0 Å². The highest BCUT2D eigenvalue weighted by molar-refractivity contribution is 6.30. The van der Waals surface area contributed by atoms with Crippen molar-refractivity contribution in [3.8, 4) is 0 Å². The largest absolute Gasteiger partial charge is 0.329 e. The number of hydrogen-bond acceptors (Lipinski definition) is 2. The predicted molar refractivity (Wildman–Crippen MR) is 87.6 cm³/mol. The second-order valence-corrected chi connectivity index (χ2v) is 5.36. The van der Waals surface area contributed by atoms with Crippen molar-refractivity contribution < 1.29 is 9.59 Å². The Hall–Kier alpha value is -2.33. The van der Waals surface area contributed by atoms with E-state index in [4.69, 9.17) is 11.6 Å². The Morgan fingerprint density at radius 1 is 1.09 bits per heavy atom. The van der Waals surface area contributed by atoms with Crippen molar-refractivity contribution in [2.75, 3.05) is 11.9 Å². The first kappa shape index (κ1) is 16.0. The Balaban J connectivity index is 1.98. The van der Waals surface area contributed by atoms with Crippen LogP contribution in [0.3, 0.4) is 0 Å². The molecule has 0 radical (unpaired) electrons. The second kappa shape index (κ2) is 7.61. The molecular weight excluding hydrogens is 300 g/mol. The van der Waals surface area contributed by atoms with Gasteiger partial charge in [-0.3, -0.25) is 9.59 Å². The second-order valence-electron chi connectivity index (χ2n) is 4.92. The third-order valence-electron chi connectivity index (χ3n) is 3.10. The SMILES string of the molecule is CC(=O)N(CC(=O)Nc1cccc(Cl)c1)Cc1ccccc1. The summed E-state index contributed by atoms with van der Waals surface area (Å²) in [6, 6.07) is 16.5. The van der Waals surface area contributed by atoms with Crippen molar-refractivity contribution in [2.45, 2.75) is 13.5 Å². The fraction of sp³-hybridized carbons (Fsp3) is 0.176. The average Bonchev–Trinajstić information content (AvgIpc) is 2.47. The zero-order valence-corrected chi connectivity index (χ0v) is 13.0. The number of anilines is 1. The molecule has 0 fully saturated rings. The van der Waals surface area contributed by atoms with Crippen LogP contribution in [0.2, 0.25) is 5.02 Å². The third kappa shape index (κ3) is 4.90. The molecule has 2 amide bonds. The molecule has 0 bridgehead atoms. The smallest absolute Gasteiger partial charge is 0.244 e. The van der Waals surface area contributed by atoms with Crippen LogP contribution in [0, 0.1) is 0 Å². The van der Waals surface area contributed by atoms with E-state index in [9.17, 15) is 9.59 Å². The van der Waals surface area contributed by atoms with Crippen LogP contribution in [0.1, 0.15) is 12.5 Å². The fourth-order valence-corrected chi connectivity index (χ4v) is 2.21. The zero-order valence-electron chi connectivity index (χ0n) is 12.3. The molecule has 0 aliphatic carbocycles. The molecule has 2 rings (SSSR count). The van der Waals surface area contributed by atoms with Gasteiger partial charge in [0.1, 0.15) is 6.54 Å². The summed E-state index contributed by atoms with van der Waals surface area (Å²) in [6.07, 6.45) is 0. The van der Waals surface area contributed by atoms with Crippen molar-refractivity contribution in [3.63, 3.8) is 0 Å². The number of carbonyl (C=O) groups is 2. The summed E-state index contributed by atoms with van der Waals surface area (Å²) < 4.78 is 0. The Morgan fingerprint density at radius 2 is 1.82 bits per heavy atom. The first-order valence-electron chi connectivity index (χ1n) is 6.89. The minimum atomic E-state index is -0.256. The van der Waals surface area contributed by atoms with E-state index in [2.05, 4.69) is 5.32 Å². The van der Waals surface area contributed by atoms with Gasteiger partial charge in [-0.2, -0.15) is 0 Å². The Morgan fingerprint density at radius 3 is 2.45 bits per heavy atom. The molecule has 1 N–H and O–H groups in total. The van der Waals surface area contributed by atoms with Gasteiger partial charge in [-0.25, -0.2) is 0 Å². The average molecular weight is 317 g/mol. The van der Waals surface area contributed by atoms with Gasteiger partial charge >= 0.3 is 0 Å². The molecule has 0 saturated carbocycles. The molecule has 0 unspecified atom stereocenters. The van der Waals surface area contributed by atoms with Crippen LogP contribution in [-0.4, -0.2) is 23.3 Å². The number of benzene rings is 2. The Bertz CT molecular complexity index is 659. The number of nitrogens with one attached hydrogen (secondary N) is 1. The van der Waals surface area contributed by atoms with E-state index in [1.165, 1.54) is 11.8 Å². The van der Waals surface area contributed by atoms with Gasteiger partial charge in [0.2, 0.25) is 11.8 Å². The molecule has 114 valence electrons. The lowest BCUT2D eigenvalue weighted by Crippen LogP contribution is -2.36. The van der Waals surface area contributed by atoms with Crippen LogP contribution >= 0.6 is 11.6 Å². The molecule has 0 spiro atoms. The maximum atomic E-state index is 12.1. The molecule has 2 aromatic rings. The van der Waals surface area contributed by atoms with Crippen LogP contribution in [-0.2, 0) is 16.1 Å². The maximum Gasteiger partial charge on any atom is 0.244 e. The van der Waals surface area contributed by atoms with E-state index < -0.39 is 0 Å². The predicted octanol–water partition coefficient (Wildman–Crippen LogP) is 3.33. The summed E-state index contributed by atoms with van der Waals surface area (Å²) in [4.78, 5) is 25.3. The van der Waals surface area contributed by atoms with Crippen molar-refractivity contribution >= 4 is 29.1 Å². The van der Waals surface area contributed by atoms with Gasteiger partial charge in [-0.1, -0.05) is 48.0 Å². The highest BCUT2D eigenvalue weighted by Crippen LogP contribution is 2.15. The van der Waals surface area contributed by atoms with Crippen LogP contribution < -0.4 is 5.32 Å². The first-order valence-corrected chi connectivity index (χ1v) is 7.27. The van der Waals surface area contributed by atoms with E-state index in [-0.39, 0.29) is 18.4 Å². The highest BCUT2D eigenvalue weighted by Gasteiger charge is 2.14. The van der Waals surface area contributed by atoms with Gasteiger partial charge in [0.25, 0.3) is 0 Å². The molecule has 0 saturated heterocycles. The Labute approximate surface area is 134 Å². The lowest BCUT2D eigenvalue weighted by Gasteiger charge is -2.20. The molecule has 5 heteroatoms. The van der Waals surface area contributed by atoms with Gasteiger partial charge in [-0.15, -0.1) is 0 Å². The fourth-order valence-electron chi connectivity index (χ4n) is 2.02. The molecule has 0 aromatic heterocycles. The lowest BCUT2D eigenvalue weighted by atomic mass is 10.2. The standard InChI is InChI=1S/C17H17ClN2O2/c1-13(21)20(11-14-6-3-2-4-7-14)12-17(22)19-16-9-5-8-15(18)10-16/h2-10H,11-12H2,1H3,(H,19,22). The third-order valence-corrected chi connectivity index (χ3v) is 3.34. The molecule has 4 nitrogen and oxygen atoms in total. The topological polar surface area (TPSA) is 49.4 Å². The maximum absolute atomic E-state index is 12.1. The zero-order chi connectivity index (χ0) is 15.9. The number of nitrogens with zero attached hydrogens (tertiary/aromatic N) is 1. The van der Waals surface area contributed by atoms with Crippen LogP contribution in [0.5, 0.6) is 0 Å². The summed E-state index contributed by atoms with van der Waals surface area (Å²) in [5.41, 5.74) is 1.59. The molecule has 2 aromatic carbocycles. The first-order chi connectivity index (χ1) is 10.5. The minimum Gasteiger partial charge on any atom is -0.329 e. The van der Waals surface area contributed by atoms with Crippen LogP contribution in [0.25, 0.3) is 0 Å². The molecule has 0 aliphatic rings.